The molecule has 37 heteroatoms. The minimum atomic E-state index is -5.13. The summed E-state index contributed by atoms with van der Waals surface area (Å²) in [5, 5.41) is 54.3. The first-order chi connectivity index (χ1) is 58.8. The number of hydrogen-bond acceptors (Lipinski definition) is 21. The van der Waals surface area contributed by atoms with Gasteiger partial charge >= 0.3 is 12.3 Å². The van der Waals surface area contributed by atoms with Gasteiger partial charge in [-0.1, -0.05) is 161 Å². The molecule has 9 aromatic rings. The third-order valence-electron chi connectivity index (χ3n) is 22.2. The van der Waals surface area contributed by atoms with Crippen LogP contribution in [0.5, 0.6) is 17.2 Å². The Kier molecular flexibility index (Phi) is 27.9. The molecule has 0 unspecified atom stereocenters. The van der Waals surface area contributed by atoms with Crippen LogP contribution < -0.4 is 61.5 Å². The van der Waals surface area contributed by atoms with E-state index in [1.807, 2.05) is 59.3 Å². The lowest BCUT2D eigenvalue weighted by Crippen LogP contribution is -2.61. The predicted octanol–water partition coefficient (Wildman–Crippen LogP) is 5.61. The van der Waals surface area contributed by atoms with E-state index in [2.05, 4.69) is 67.9 Å². The van der Waals surface area contributed by atoms with E-state index >= 15 is 24.0 Å². The molecular formula is C87H100F3N17O16S. The lowest BCUT2D eigenvalue weighted by molar-refractivity contribution is -0.274. The summed E-state index contributed by atoms with van der Waals surface area (Å²) in [6.07, 6.45) is -3.43. The molecule has 7 aromatic carbocycles. The average molecular weight is 1730 g/mol. The Balaban J connectivity index is 0.907. The minimum absolute atomic E-state index is 0.109. The van der Waals surface area contributed by atoms with E-state index in [0.717, 1.165) is 45.8 Å². The number of nitrogens with one attached hydrogen (secondary N) is 9. The second kappa shape index (κ2) is 38.2. The van der Waals surface area contributed by atoms with E-state index in [4.69, 9.17) is 9.47 Å². The first-order valence-corrected chi connectivity index (χ1v) is 41.9. The number of likely N-dealkylation sites (N-methyl/N-ethyl adjacent to an activating group) is 2. The second-order valence-electron chi connectivity index (χ2n) is 33.4. The van der Waals surface area contributed by atoms with Gasteiger partial charge in [0.2, 0.25) is 47.3 Å². The highest BCUT2D eigenvalue weighted by Gasteiger charge is 2.49. The fraction of sp³-hybridized carbons (Fsp3) is 0.402. The molecule has 9 amide bonds. The Labute approximate surface area is 713 Å². The van der Waals surface area contributed by atoms with Gasteiger partial charge in [0.1, 0.15) is 90.2 Å². The topological polar surface area (TPSA) is 429 Å². The predicted molar refractivity (Wildman–Crippen MR) is 446 cm³/mol. The van der Waals surface area contributed by atoms with E-state index in [1.165, 1.54) is 43.4 Å². The molecule has 10 N–H and O–H groups in total. The molecule has 0 spiro atoms. The molecule has 656 valence electrons. The highest BCUT2D eigenvalue weighted by atomic mass is 32.2. The molecule has 12 bridgehead atoms. The summed E-state index contributed by atoms with van der Waals surface area (Å²) in [5.41, 5.74) is 0.442. The summed E-state index contributed by atoms with van der Waals surface area (Å²) >= 11 is 0. The number of hydrogen-bond donors (Lipinski definition) is 10. The average Bonchev–Trinajstić information content (AvgIpc) is 1.69. The highest BCUT2D eigenvalue weighted by Crippen LogP contribution is 2.35. The molecule has 6 aliphatic heterocycles. The SMILES string of the molecule is CN[C@@H](C)C(=O)N[C@H](C(=O)N1C[C@@H]2C[C@H]1C(=O)N[C@@H](Cc1ccc3ccccc3c1)C(=O)N[C@H](C(=O)O)Cc1ccc(cc1)OCc1cn(nn1)[C@H]1C[C@@H](C(=O)N[C@@H](Cc3ccc4ccccc4c3)C(=O)N[C@H](C(=O)NS(=O)(=O)c3ccc(OC(F)(F)F)cc3)Cc3ccc(cc3)OCc3cn2nn3)N(C(=O)[C@@H](NC(=O)[C@H](C)NC)C(C)(C)C)C1)C(C)(C)C. The third kappa shape index (κ3) is 22.7. The minimum Gasteiger partial charge on any atom is -0.487 e. The van der Waals surface area contributed by atoms with E-state index < -0.39 is 176 Å². The number of carboxylic acids is 1. The van der Waals surface area contributed by atoms with Crippen LogP contribution >= 0.6 is 0 Å². The molecule has 124 heavy (non-hydrogen) atoms. The fourth-order valence-electron chi connectivity index (χ4n) is 15.0. The zero-order chi connectivity index (χ0) is 89.3. The summed E-state index contributed by atoms with van der Waals surface area (Å²) in [6.45, 7) is 12.9. The van der Waals surface area contributed by atoms with Crippen LogP contribution in [0.25, 0.3) is 21.5 Å². The zero-order valence-corrected chi connectivity index (χ0v) is 70.7. The van der Waals surface area contributed by atoms with Crippen LogP contribution in [0.15, 0.2) is 175 Å². The number of amides is 9. The van der Waals surface area contributed by atoms with Crippen LogP contribution in [0.2, 0.25) is 0 Å². The molecule has 0 saturated carbocycles. The molecule has 2 aromatic heterocycles. The largest absolute Gasteiger partial charge is 0.573 e. The Morgan fingerprint density at radius 1 is 0.540 bits per heavy atom. The number of ether oxygens (including phenoxy) is 3. The molecule has 33 nitrogen and oxygen atoms in total. The standard InChI is InChI=1S/C87H100F3N17O16S/c1-49(91-9)75(108)97-73(85(3,4)5)82(115)104-45-61-41-71(104)80(113)94-67(39-53-19-25-55-15-11-13-17-57(55)35-53)77(110)93-69(79(112)101-124(119,120)66-33-31-65(32-34-66)123-87(88,89)90)37-51-21-27-63(28-22-51)121-47-59-43-107(102-99-59)62-42-72(105(46-62)83(116)74(86(6,7)8)98-76(109)50(2)92-10)81(114)95-68(40-54-20-26-56-16-12-14-18-58(56)36-54)78(111)96-70(84(117)118)38-52-23-29-64(30-24-52)122-48-60-44-106(61)103-100-60/h11-36,43-44,49-50,61-62,67-74,91-92H,37-42,45-48H2,1-10H3,(H,93,110)(H,94,113)(H,95,114)(H,96,111)(H,97,108)(H,98,109)(H,101,112)(H,117,118)/t49-,50-,61-,62-,67-,68-,69-,70-,71-,72-,73+,74+/m0/s1. The lowest BCUT2D eigenvalue weighted by Gasteiger charge is -2.36. The van der Waals surface area contributed by atoms with Crippen LogP contribution in [0.3, 0.4) is 0 Å². The molecule has 12 atom stereocenters. The number of carbonyl (C=O) groups excluding carboxylic acids is 9. The van der Waals surface area contributed by atoms with Crippen molar-refractivity contribution in [1.82, 2.24) is 87.0 Å². The Hall–Kier alpha value is -12.9. The number of nitrogens with zero attached hydrogens (tertiary/aromatic N) is 8. The number of halogens is 3. The zero-order valence-electron chi connectivity index (χ0n) is 69.9. The number of rotatable bonds is 17. The summed E-state index contributed by atoms with van der Waals surface area (Å²) in [7, 11) is -1.81. The van der Waals surface area contributed by atoms with Crippen LogP contribution in [-0.4, -0.2) is 206 Å². The van der Waals surface area contributed by atoms with Crippen molar-refractivity contribution < 1.29 is 88.9 Å². The number of aliphatic carboxylic acids is 1. The van der Waals surface area contributed by atoms with Crippen molar-refractivity contribution >= 4 is 90.7 Å². The van der Waals surface area contributed by atoms with Crippen LogP contribution in [0, 0.1) is 10.8 Å². The van der Waals surface area contributed by atoms with Crippen molar-refractivity contribution in [1.29, 1.82) is 0 Å². The van der Waals surface area contributed by atoms with Gasteiger partial charge in [-0.25, -0.2) is 27.3 Å². The van der Waals surface area contributed by atoms with Gasteiger partial charge in [-0.15, -0.1) is 23.4 Å². The first kappa shape index (κ1) is 90.3. The van der Waals surface area contributed by atoms with Crippen molar-refractivity contribution in [2.75, 3.05) is 27.2 Å². The van der Waals surface area contributed by atoms with E-state index in [9.17, 15) is 50.7 Å². The van der Waals surface area contributed by atoms with Gasteiger partial charge < -0.3 is 71.7 Å². The first-order valence-electron chi connectivity index (χ1n) is 40.4. The third-order valence-corrected chi connectivity index (χ3v) is 23.5. The maximum atomic E-state index is 15.6. The van der Waals surface area contributed by atoms with Crippen LogP contribution in [0.1, 0.15) is 114 Å². The van der Waals surface area contributed by atoms with Crippen molar-refractivity contribution in [2.24, 2.45) is 10.8 Å². The Morgan fingerprint density at radius 2 is 0.944 bits per heavy atom. The van der Waals surface area contributed by atoms with Gasteiger partial charge in [0, 0.05) is 51.6 Å². The van der Waals surface area contributed by atoms with Crippen molar-refractivity contribution in [3.05, 3.63) is 204 Å². The maximum absolute atomic E-state index is 15.6. The van der Waals surface area contributed by atoms with E-state index in [-0.39, 0.29) is 75.5 Å². The molecule has 2 saturated heterocycles. The van der Waals surface area contributed by atoms with E-state index in [0.29, 0.717) is 28.0 Å². The monoisotopic (exact) mass is 1730 g/mol. The smallest absolute Gasteiger partial charge is 0.487 e. The summed E-state index contributed by atoms with van der Waals surface area (Å²) in [5.74, 6) is -8.86. The second-order valence-corrected chi connectivity index (χ2v) is 35.1. The normalized spacial score (nSPS) is 20.8. The fourth-order valence-corrected chi connectivity index (χ4v) is 16.0. The molecule has 2 fully saturated rings. The molecule has 15 rings (SSSR count). The lowest BCUT2D eigenvalue weighted by atomic mass is 9.85. The van der Waals surface area contributed by atoms with Crippen LogP contribution in [0.4, 0.5) is 13.2 Å². The van der Waals surface area contributed by atoms with Crippen LogP contribution in [-0.2, 0) is 96.9 Å². The molecule has 0 aliphatic carbocycles. The molecule has 6 aliphatic rings. The molecule has 8 heterocycles. The quantitative estimate of drug-likeness (QED) is 0.0529. The number of likely N-dealkylation sites (tertiary alicyclic amines) is 2. The molecular weight excluding hydrogens is 1630 g/mol. The van der Waals surface area contributed by atoms with Gasteiger partial charge in [-0.05, 0) is 131 Å². The number of alkyl halides is 3. The Bertz CT molecular complexity index is 5550. The van der Waals surface area contributed by atoms with Crippen molar-refractivity contribution in [2.45, 2.75) is 191 Å². The van der Waals surface area contributed by atoms with E-state index in [1.54, 1.807) is 136 Å². The van der Waals surface area contributed by atoms with Gasteiger partial charge in [-0.2, -0.15) is 0 Å². The molecule has 0 radical (unpaired) electrons. The summed E-state index contributed by atoms with van der Waals surface area (Å²) in [4.78, 5) is 150. The maximum Gasteiger partial charge on any atom is 0.573 e. The van der Waals surface area contributed by atoms with Gasteiger partial charge in [-0.3, -0.25) is 43.2 Å². The van der Waals surface area contributed by atoms with Crippen molar-refractivity contribution in [3.8, 4) is 17.2 Å². The number of carboxylic acid groups (broad SMARTS) is 1. The number of fused-ring (bicyclic) bond motifs is 2. The number of sulfonamides is 1. The number of benzene rings is 7. The Morgan fingerprint density at radius 3 is 1.34 bits per heavy atom. The van der Waals surface area contributed by atoms with Gasteiger partial charge in [0.25, 0.3) is 15.9 Å². The summed E-state index contributed by atoms with van der Waals surface area (Å²) in [6, 6.07) is 26.2. The number of aromatic nitrogens is 6. The summed E-state index contributed by atoms with van der Waals surface area (Å²) < 4.78 is 89.2. The number of carbonyl (C=O) groups is 10. The highest BCUT2D eigenvalue weighted by molar-refractivity contribution is 7.90. The van der Waals surface area contributed by atoms with Crippen molar-refractivity contribution in [3.63, 3.8) is 0 Å². The van der Waals surface area contributed by atoms with Gasteiger partial charge in [0.05, 0.1) is 41.5 Å². The van der Waals surface area contributed by atoms with Gasteiger partial charge in [0.15, 0.2) is 0 Å².